The lowest BCUT2D eigenvalue weighted by atomic mass is 10.0. The van der Waals surface area contributed by atoms with Gasteiger partial charge in [0.2, 0.25) is 5.91 Å². The highest BCUT2D eigenvalue weighted by Crippen LogP contribution is 2.16. The van der Waals surface area contributed by atoms with Gasteiger partial charge < -0.3 is 21.1 Å². The number of benzene rings is 1. The van der Waals surface area contributed by atoms with Gasteiger partial charge in [-0.2, -0.15) is 0 Å². The van der Waals surface area contributed by atoms with Crippen molar-refractivity contribution in [2.75, 3.05) is 13.1 Å². The molecule has 0 bridgehead atoms. The van der Waals surface area contributed by atoms with Crippen LogP contribution < -0.4 is 16.0 Å². The molecule has 122 valence electrons. The predicted molar refractivity (Wildman–Crippen MR) is 87.5 cm³/mol. The van der Waals surface area contributed by atoms with E-state index in [9.17, 15) is 9.90 Å². The largest absolute Gasteiger partial charge is 0.392 e. The molecule has 4 N–H and O–H groups in total. The molecule has 0 aliphatic carbocycles. The summed E-state index contributed by atoms with van der Waals surface area (Å²) in [5.41, 5.74) is 1.00. The van der Waals surface area contributed by atoms with E-state index in [0.29, 0.717) is 19.5 Å². The van der Waals surface area contributed by atoms with Crippen molar-refractivity contribution in [2.45, 2.75) is 50.9 Å². The van der Waals surface area contributed by atoms with Crippen LogP contribution in [0.2, 0.25) is 0 Å². The topological polar surface area (TPSA) is 73.4 Å². The third-order valence-corrected chi connectivity index (χ3v) is 4.04. The Labute approximate surface area is 132 Å². The molecule has 1 aliphatic rings. The van der Waals surface area contributed by atoms with E-state index in [1.807, 2.05) is 18.2 Å². The third kappa shape index (κ3) is 4.80. The van der Waals surface area contributed by atoms with E-state index in [2.05, 4.69) is 48.9 Å². The van der Waals surface area contributed by atoms with Gasteiger partial charge in [-0.15, -0.1) is 0 Å². The SMILES string of the molecule is CC(NC(C)(C)CNC(=O)C1CC(O)CN1)c1ccccc1. The zero-order chi connectivity index (χ0) is 16.2. The van der Waals surface area contributed by atoms with Gasteiger partial charge in [0.05, 0.1) is 12.1 Å². The van der Waals surface area contributed by atoms with Crippen molar-refractivity contribution in [1.82, 2.24) is 16.0 Å². The molecule has 22 heavy (non-hydrogen) atoms. The summed E-state index contributed by atoms with van der Waals surface area (Å²) < 4.78 is 0. The average molecular weight is 305 g/mol. The zero-order valence-electron chi connectivity index (χ0n) is 13.6. The summed E-state index contributed by atoms with van der Waals surface area (Å²) in [5, 5.41) is 19.0. The fourth-order valence-electron chi connectivity index (χ4n) is 2.81. The summed E-state index contributed by atoms with van der Waals surface area (Å²) in [5.74, 6) is -0.0428. The smallest absolute Gasteiger partial charge is 0.237 e. The van der Waals surface area contributed by atoms with E-state index in [-0.39, 0.29) is 23.5 Å². The molecule has 3 atom stereocenters. The van der Waals surface area contributed by atoms with Crippen LogP contribution in [0.1, 0.15) is 38.8 Å². The molecule has 2 rings (SSSR count). The number of hydrogen-bond acceptors (Lipinski definition) is 4. The molecule has 0 radical (unpaired) electrons. The van der Waals surface area contributed by atoms with Crippen molar-refractivity contribution in [2.24, 2.45) is 0 Å². The molecule has 5 heteroatoms. The maximum absolute atomic E-state index is 12.1. The number of aliphatic hydroxyl groups excluding tert-OH is 1. The van der Waals surface area contributed by atoms with Gasteiger partial charge in [0.15, 0.2) is 0 Å². The Balaban J connectivity index is 1.82. The molecule has 1 fully saturated rings. The molecule has 0 aromatic heterocycles. The molecule has 1 aromatic carbocycles. The molecule has 1 amide bonds. The Morgan fingerprint density at radius 2 is 2.09 bits per heavy atom. The highest BCUT2D eigenvalue weighted by molar-refractivity contribution is 5.82. The Hall–Kier alpha value is -1.43. The summed E-state index contributed by atoms with van der Waals surface area (Å²) in [7, 11) is 0. The van der Waals surface area contributed by atoms with E-state index >= 15 is 0 Å². The number of nitrogens with one attached hydrogen (secondary N) is 3. The minimum Gasteiger partial charge on any atom is -0.392 e. The Morgan fingerprint density at radius 3 is 2.68 bits per heavy atom. The quantitative estimate of drug-likeness (QED) is 0.631. The van der Waals surface area contributed by atoms with Crippen LogP contribution in [0, 0.1) is 0 Å². The molecule has 1 aliphatic heterocycles. The van der Waals surface area contributed by atoms with Crippen molar-refractivity contribution in [3.8, 4) is 0 Å². The van der Waals surface area contributed by atoms with Crippen LogP contribution >= 0.6 is 0 Å². The lowest BCUT2D eigenvalue weighted by Gasteiger charge is -2.31. The first-order valence-electron chi connectivity index (χ1n) is 7.89. The average Bonchev–Trinajstić information content (AvgIpc) is 2.92. The number of aliphatic hydroxyl groups is 1. The minimum atomic E-state index is -0.417. The van der Waals surface area contributed by atoms with Gasteiger partial charge in [-0.25, -0.2) is 0 Å². The van der Waals surface area contributed by atoms with Gasteiger partial charge in [0.25, 0.3) is 0 Å². The van der Waals surface area contributed by atoms with Crippen LogP contribution in [-0.4, -0.2) is 41.8 Å². The molecular weight excluding hydrogens is 278 g/mol. The molecule has 1 aromatic rings. The number of rotatable bonds is 6. The molecule has 1 heterocycles. The summed E-state index contributed by atoms with van der Waals surface area (Å²) >= 11 is 0. The van der Waals surface area contributed by atoms with Crippen molar-refractivity contribution >= 4 is 5.91 Å². The maximum atomic E-state index is 12.1. The number of amides is 1. The van der Waals surface area contributed by atoms with Gasteiger partial charge in [-0.05, 0) is 32.8 Å². The lowest BCUT2D eigenvalue weighted by molar-refractivity contribution is -0.123. The van der Waals surface area contributed by atoms with Crippen molar-refractivity contribution in [1.29, 1.82) is 0 Å². The van der Waals surface area contributed by atoms with Gasteiger partial charge >= 0.3 is 0 Å². The Kier molecular flexibility index (Phi) is 5.56. The van der Waals surface area contributed by atoms with Crippen LogP contribution in [-0.2, 0) is 4.79 Å². The minimum absolute atomic E-state index is 0.0428. The van der Waals surface area contributed by atoms with Crippen LogP contribution in [0.5, 0.6) is 0 Å². The fraction of sp³-hybridized carbons (Fsp3) is 0.588. The zero-order valence-corrected chi connectivity index (χ0v) is 13.6. The van der Waals surface area contributed by atoms with Gasteiger partial charge in [-0.1, -0.05) is 30.3 Å². The second-order valence-corrected chi connectivity index (χ2v) is 6.73. The molecule has 5 nitrogen and oxygen atoms in total. The fourth-order valence-corrected chi connectivity index (χ4v) is 2.81. The summed E-state index contributed by atoms with van der Waals surface area (Å²) in [6.45, 7) is 7.29. The van der Waals surface area contributed by atoms with Crippen molar-refractivity contribution in [3.63, 3.8) is 0 Å². The molecular formula is C17H27N3O2. The first kappa shape index (κ1) is 16.9. The number of carbonyl (C=O) groups is 1. The van der Waals surface area contributed by atoms with E-state index in [1.54, 1.807) is 0 Å². The first-order chi connectivity index (χ1) is 10.4. The predicted octanol–water partition coefficient (Wildman–Crippen LogP) is 0.955. The van der Waals surface area contributed by atoms with E-state index in [0.717, 1.165) is 0 Å². The van der Waals surface area contributed by atoms with Gasteiger partial charge in [-0.3, -0.25) is 4.79 Å². The number of hydrogen-bond donors (Lipinski definition) is 4. The number of β-amino-alcohol motifs (C(OH)–C–C–N with tert-alkyl or cyclic N) is 1. The normalized spacial score (nSPS) is 23.3. The second kappa shape index (κ2) is 7.22. The Morgan fingerprint density at radius 1 is 1.41 bits per heavy atom. The summed E-state index contributed by atoms with van der Waals surface area (Å²) in [6.07, 6.45) is 0.0695. The maximum Gasteiger partial charge on any atom is 0.237 e. The monoisotopic (exact) mass is 305 g/mol. The molecule has 3 unspecified atom stereocenters. The first-order valence-corrected chi connectivity index (χ1v) is 7.89. The van der Waals surface area contributed by atoms with E-state index < -0.39 is 6.10 Å². The Bertz CT molecular complexity index is 490. The lowest BCUT2D eigenvalue weighted by Crippen LogP contribution is -2.52. The number of carbonyl (C=O) groups excluding carboxylic acids is 1. The van der Waals surface area contributed by atoms with Crippen LogP contribution in [0.15, 0.2) is 30.3 Å². The highest BCUT2D eigenvalue weighted by atomic mass is 16.3. The van der Waals surface area contributed by atoms with Crippen LogP contribution in [0.25, 0.3) is 0 Å². The van der Waals surface area contributed by atoms with Gasteiger partial charge in [0, 0.05) is 24.7 Å². The molecule has 0 spiro atoms. The summed E-state index contributed by atoms with van der Waals surface area (Å²) in [6, 6.07) is 10.2. The van der Waals surface area contributed by atoms with Crippen molar-refractivity contribution in [3.05, 3.63) is 35.9 Å². The van der Waals surface area contributed by atoms with Crippen molar-refractivity contribution < 1.29 is 9.90 Å². The standard InChI is InChI=1S/C17H27N3O2/c1-12(13-7-5-4-6-8-13)20-17(2,3)11-19-16(22)15-9-14(21)10-18-15/h4-8,12,14-15,18,20-21H,9-11H2,1-3H3,(H,19,22). The molecule has 1 saturated heterocycles. The second-order valence-electron chi connectivity index (χ2n) is 6.73. The highest BCUT2D eigenvalue weighted by Gasteiger charge is 2.29. The molecule has 0 saturated carbocycles. The van der Waals surface area contributed by atoms with Gasteiger partial charge in [0.1, 0.15) is 0 Å². The van der Waals surface area contributed by atoms with Crippen LogP contribution in [0.4, 0.5) is 0 Å². The van der Waals surface area contributed by atoms with Crippen LogP contribution in [0.3, 0.4) is 0 Å². The third-order valence-electron chi connectivity index (χ3n) is 4.04. The summed E-state index contributed by atoms with van der Waals surface area (Å²) in [4.78, 5) is 12.1. The van der Waals surface area contributed by atoms with E-state index in [1.165, 1.54) is 5.56 Å². The van der Waals surface area contributed by atoms with E-state index in [4.69, 9.17) is 0 Å².